The molecule has 2 aromatic rings. The summed E-state index contributed by atoms with van der Waals surface area (Å²) in [5, 5.41) is 0. The lowest BCUT2D eigenvalue weighted by Gasteiger charge is -1.96. The average Bonchev–Trinajstić information content (AvgIpc) is 2.37. The highest BCUT2D eigenvalue weighted by molar-refractivity contribution is 5.93. The molecule has 0 aliphatic heterocycles. The number of anilines is 1. The minimum absolute atomic E-state index is 0.453. The van der Waals surface area contributed by atoms with Crippen molar-refractivity contribution in [2.45, 2.75) is 0 Å². The zero-order chi connectivity index (χ0) is 13.0. The summed E-state index contributed by atoms with van der Waals surface area (Å²) in [5.74, 6) is 5.50. The first kappa shape index (κ1) is 11.7. The molecule has 0 saturated carbocycles. The number of carbonyl (C=O) groups excluding carboxylic acids is 1. The molecule has 0 heterocycles. The zero-order valence-corrected chi connectivity index (χ0v) is 9.68. The molecule has 1 amide bonds. The molecule has 0 radical (unpaired) electrons. The highest BCUT2D eigenvalue weighted by Crippen LogP contribution is 2.06. The second kappa shape index (κ2) is 5.07. The standard InChI is InChI=1S/C15H12N2O/c16-14-6-2-4-12(10-14)8-7-11-3-1-5-13(9-11)15(17)18/h1-6,9-10H,16H2,(H2,17,18). The minimum Gasteiger partial charge on any atom is -0.399 e. The highest BCUT2D eigenvalue weighted by Gasteiger charge is 1.98. The van der Waals surface area contributed by atoms with Gasteiger partial charge in [0.15, 0.2) is 0 Å². The van der Waals surface area contributed by atoms with Crippen LogP contribution < -0.4 is 11.5 Å². The van der Waals surface area contributed by atoms with Crippen LogP contribution in [0.3, 0.4) is 0 Å². The van der Waals surface area contributed by atoms with E-state index in [1.165, 1.54) is 0 Å². The predicted octanol–water partition coefficient (Wildman–Crippen LogP) is 1.77. The lowest BCUT2D eigenvalue weighted by molar-refractivity contribution is 0.100. The second-order valence-electron chi connectivity index (χ2n) is 3.82. The van der Waals surface area contributed by atoms with Crippen LogP contribution in [0.4, 0.5) is 5.69 Å². The van der Waals surface area contributed by atoms with Crippen LogP contribution in [0.2, 0.25) is 0 Å². The van der Waals surface area contributed by atoms with Crippen molar-refractivity contribution in [2.24, 2.45) is 5.73 Å². The van der Waals surface area contributed by atoms with Gasteiger partial charge in [-0.2, -0.15) is 0 Å². The van der Waals surface area contributed by atoms with Gasteiger partial charge in [-0.3, -0.25) is 4.79 Å². The maximum Gasteiger partial charge on any atom is 0.248 e. The quantitative estimate of drug-likeness (QED) is 0.585. The highest BCUT2D eigenvalue weighted by atomic mass is 16.1. The first-order valence-corrected chi connectivity index (χ1v) is 5.42. The number of amides is 1. The van der Waals surface area contributed by atoms with E-state index < -0.39 is 5.91 Å². The van der Waals surface area contributed by atoms with Crippen molar-refractivity contribution in [2.75, 3.05) is 5.73 Å². The van der Waals surface area contributed by atoms with Crippen LogP contribution in [-0.4, -0.2) is 5.91 Å². The van der Waals surface area contributed by atoms with Crippen LogP contribution in [-0.2, 0) is 0 Å². The number of hydrogen-bond acceptors (Lipinski definition) is 2. The van der Waals surface area contributed by atoms with Gasteiger partial charge in [0.1, 0.15) is 0 Å². The topological polar surface area (TPSA) is 69.1 Å². The fourth-order valence-corrected chi connectivity index (χ4v) is 1.51. The van der Waals surface area contributed by atoms with Crippen molar-refractivity contribution in [3.05, 3.63) is 65.2 Å². The van der Waals surface area contributed by atoms with E-state index in [9.17, 15) is 4.79 Å². The van der Waals surface area contributed by atoms with Crippen LogP contribution in [0.5, 0.6) is 0 Å². The third-order valence-electron chi connectivity index (χ3n) is 2.38. The van der Waals surface area contributed by atoms with Crippen LogP contribution in [0.15, 0.2) is 48.5 Å². The van der Waals surface area contributed by atoms with E-state index in [1.807, 2.05) is 18.2 Å². The SMILES string of the molecule is NC(=O)c1cccc(C#Cc2cccc(N)c2)c1. The molecule has 0 fully saturated rings. The number of rotatable bonds is 1. The van der Waals surface area contributed by atoms with Gasteiger partial charge in [0.2, 0.25) is 5.91 Å². The summed E-state index contributed by atoms with van der Waals surface area (Å²) in [4.78, 5) is 11.0. The van der Waals surface area contributed by atoms with E-state index in [0.717, 1.165) is 11.1 Å². The molecule has 3 heteroatoms. The Hall–Kier alpha value is -2.73. The van der Waals surface area contributed by atoms with Crippen molar-refractivity contribution in [3.63, 3.8) is 0 Å². The van der Waals surface area contributed by atoms with Gasteiger partial charge in [-0.25, -0.2) is 0 Å². The van der Waals surface area contributed by atoms with E-state index in [0.29, 0.717) is 11.3 Å². The molecule has 0 spiro atoms. The smallest absolute Gasteiger partial charge is 0.248 e. The maximum atomic E-state index is 11.0. The third kappa shape index (κ3) is 2.89. The molecule has 0 saturated heterocycles. The third-order valence-corrected chi connectivity index (χ3v) is 2.38. The summed E-state index contributed by atoms with van der Waals surface area (Å²) in [6.45, 7) is 0. The van der Waals surface area contributed by atoms with E-state index in [1.54, 1.807) is 30.3 Å². The molecule has 0 aliphatic rings. The van der Waals surface area contributed by atoms with Crippen molar-refractivity contribution in [3.8, 4) is 11.8 Å². The van der Waals surface area contributed by atoms with Crippen molar-refractivity contribution in [1.29, 1.82) is 0 Å². The number of nitrogen functional groups attached to an aromatic ring is 1. The van der Waals surface area contributed by atoms with Gasteiger partial charge in [-0.05, 0) is 36.4 Å². The van der Waals surface area contributed by atoms with Gasteiger partial charge in [-0.15, -0.1) is 0 Å². The van der Waals surface area contributed by atoms with Gasteiger partial charge in [0.25, 0.3) is 0 Å². The summed E-state index contributed by atoms with van der Waals surface area (Å²) in [6, 6.07) is 14.2. The van der Waals surface area contributed by atoms with Crippen molar-refractivity contribution in [1.82, 2.24) is 0 Å². The Balaban J connectivity index is 2.30. The maximum absolute atomic E-state index is 11.0. The monoisotopic (exact) mass is 236 g/mol. The Bertz CT molecular complexity index is 651. The Morgan fingerprint density at radius 3 is 2.17 bits per heavy atom. The van der Waals surface area contributed by atoms with Gasteiger partial charge >= 0.3 is 0 Å². The Morgan fingerprint density at radius 1 is 0.944 bits per heavy atom. The van der Waals surface area contributed by atoms with Crippen molar-refractivity contribution < 1.29 is 4.79 Å². The van der Waals surface area contributed by atoms with Crippen LogP contribution in [0.1, 0.15) is 21.5 Å². The second-order valence-corrected chi connectivity index (χ2v) is 3.82. The number of nitrogens with two attached hydrogens (primary N) is 2. The number of primary amides is 1. The van der Waals surface area contributed by atoms with Crippen LogP contribution >= 0.6 is 0 Å². The summed E-state index contributed by atoms with van der Waals surface area (Å²) in [6.07, 6.45) is 0. The van der Waals surface area contributed by atoms with Gasteiger partial charge < -0.3 is 11.5 Å². The van der Waals surface area contributed by atoms with Crippen molar-refractivity contribution >= 4 is 11.6 Å². The van der Waals surface area contributed by atoms with Crippen LogP contribution in [0, 0.1) is 11.8 Å². The molecule has 2 rings (SSSR count). The predicted molar refractivity (Wildman–Crippen MR) is 71.8 cm³/mol. The van der Waals surface area contributed by atoms with E-state index in [-0.39, 0.29) is 0 Å². The lowest BCUT2D eigenvalue weighted by Crippen LogP contribution is -2.10. The molecule has 3 nitrogen and oxygen atoms in total. The van der Waals surface area contributed by atoms with Crippen LogP contribution in [0.25, 0.3) is 0 Å². The average molecular weight is 236 g/mol. The van der Waals surface area contributed by atoms with Gasteiger partial charge in [0, 0.05) is 22.4 Å². The molecule has 0 aromatic heterocycles. The fourth-order valence-electron chi connectivity index (χ4n) is 1.51. The lowest BCUT2D eigenvalue weighted by atomic mass is 10.1. The Labute approximate surface area is 105 Å². The summed E-state index contributed by atoms with van der Waals surface area (Å²) < 4.78 is 0. The Kier molecular flexibility index (Phi) is 3.31. The molecule has 18 heavy (non-hydrogen) atoms. The number of benzene rings is 2. The van der Waals surface area contributed by atoms with E-state index >= 15 is 0 Å². The molecule has 0 bridgehead atoms. The molecule has 88 valence electrons. The van der Waals surface area contributed by atoms with E-state index in [4.69, 9.17) is 11.5 Å². The first-order valence-electron chi connectivity index (χ1n) is 5.42. The molecule has 4 N–H and O–H groups in total. The summed E-state index contributed by atoms with van der Waals surface area (Å²) in [5.41, 5.74) is 13.6. The molecule has 0 atom stereocenters. The largest absolute Gasteiger partial charge is 0.399 e. The van der Waals surface area contributed by atoms with Gasteiger partial charge in [-0.1, -0.05) is 24.0 Å². The zero-order valence-electron chi connectivity index (χ0n) is 9.68. The first-order chi connectivity index (χ1) is 8.65. The normalized spacial score (nSPS) is 9.33. The number of carbonyl (C=O) groups is 1. The fraction of sp³-hybridized carbons (Fsp3) is 0. The molecule has 0 unspecified atom stereocenters. The summed E-state index contributed by atoms with van der Waals surface area (Å²) in [7, 11) is 0. The van der Waals surface area contributed by atoms with Gasteiger partial charge in [0.05, 0.1) is 0 Å². The molecular weight excluding hydrogens is 224 g/mol. The van der Waals surface area contributed by atoms with E-state index in [2.05, 4.69) is 11.8 Å². The Morgan fingerprint density at radius 2 is 1.56 bits per heavy atom. The molecule has 0 aliphatic carbocycles. The summed E-state index contributed by atoms with van der Waals surface area (Å²) >= 11 is 0. The number of hydrogen-bond donors (Lipinski definition) is 2. The minimum atomic E-state index is -0.456. The molecule has 2 aromatic carbocycles. The molecular formula is C15H12N2O.